The van der Waals surface area contributed by atoms with Gasteiger partial charge in [-0.15, -0.1) is 10.2 Å². The van der Waals surface area contributed by atoms with Gasteiger partial charge in [0.25, 0.3) is 11.6 Å². The van der Waals surface area contributed by atoms with E-state index in [9.17, 15) is 14.9 Å². The van der Waals surface area contributed by atoms with E-state index in [1.54, 1.807) is 0 Å². The average molecular weight is 405 g/mol. The average Bonchev–Trinajstić information content (AvgIpc) is 2.41. The molecule has 0 saturated heterocycles. The molecular weight excluding hydrogens is 399 g/mol. The minimum atomic E-state index is -0.561. The molecule has 0 saturated carbocycles. The van der Waals surface area contributed by atoms with E-state index in [0.29, 0.717) is 3.57 Å². The second-order valence-corrected chi connectivity index (χ2v) is 5.17. The fraction of sp³-hybridized carbons (Fsp3) is 0. The van der Waals surface area contributed by atoms with Crippen LogP contribution in [-0.2, 0) is 0 Å². The van der Waals surface area contributed by atoms with Gasteiger partial charge in [0, 0.05) is 15.7 Å². The summed E-state index contributed by atoms with van der Waals surface area (Å²) in [7, 11) is 0. The highest BCUT2D eigenvalue weighted by molar-refractivity contribution is 14.1. The van der Waals surface area contributed by atoms with E-state index in [2.05, 4.69) is 15.5 Å². The Labute approximate surface area is 131 Å². The van der Waals surface area contributed by atoms with Crippen molar-refractivity contribution in [3.8, 4) is 0 Å². The molecule has 0 bridgehead atoms. The fourth-order valence-electron chi connectivity index (χ4n) is 1.37. The van der Waals surface area contributed by atoms with Crippen molar-refractivity contribution in [2.45, 2.75) is 0 Å². The Morgan fingerprint density at radius 1 is 1.30 bits per heavy atom. The lowest BCUT2D eigenvalue weighted by Gasteiger charge is -2.05. The third kappa shape index (κ3) is 3.39. The summed E-state index contributed by atoms with van der Waals surface area (Å²) in [5.74, 6) is -0.295. The number of nitrogens with one attached hydrogen (secondary N) is 1. The van der Waals surface area contributed by atoms with Gasteiger partial charge in [-0.2, -0.15) is 0 Å². The van der Waals surface area contributed by atoms with E-state index in [1.807, 2.05) is 22.6 Å². The number of nitro benzene ring substituents is 1. The molecule has 0 radical (unpaired) electrons. The molecule has 102 valence electrons. The number of nitrogens with zero attached hydrogens (tertiary/aromatic N) is 3. The number of halogens is 2. The van der Waals surface area contributed by atoms with Gasteiger partial charge in [0.15, 0.2) is 11.0 Å². The van der Waals surface area contributed by atoms with E-state index in [0.717, 1.165) is 0 Å². The van der Waals surface area contributed by atoms with E-state index in [-0.39, 0.29) is 22.2 Å². The largest absolute Gasteiger partial charge is 0.305 e. The molecule has 1 aromatic heterocycles. The number of non-ortho nitro benzene ring substituents is 1. The number of carbonyl (C=O) groups is 1. The predicted molar refractivity (Wildman–Crippen MR) is 80.8 cm³/mol. The van der Waals surface area contributed by atoms with Gasteiger partial charge in [0.05, 0.1) is 10.5 Å². The molecule has 2 rings (SSSR count). The number of amides is 1. The molecule has 2 aromatic rings. The van der Waals surface area contributed by atoms with Gasteiger partial charge in [0.2, 0.25) is 0 Å². The van der Waals surface area contributed by atoms with Crippen LogP contribution in [0.15, 0.2) is 30.3 Å². The number of hydrogen-bond donors (Lipinski definition) is 1. The molecule has 0 unspecified atom stereocenters. The molecule has 0 aliphatic heterocycles. The normalized spacial score (nSPS) is 10.1. The first kappa shape index (κ1) is 14.6. The monoisotopic (exact) mass is 404 g/mol. The van der Waals surface area contributed by atoms with Crippen LogP contribution in [-0.4, -0.2) is 21.0 Å². The van der Waals surface area contributed by atoms with Crippen molar-refractivity contribution in [1.29, 1.82) is 0 Å². The van der Waals surface area contributed by atoms with Crippen molar-refractivity contribution >= 4 is 51.6 Å². The topological polar surface area (TPSA) is 98.0 Å². The molecule has 1 amide bonds. The predicted octanol–water partition coefficient (Wildman–Crippen LogP) is 2.90. The first-order chi connectivity index (χ1) is 9.47. The molecule has 0 fully saturated rings. The fourth-order valence-corrected chi connectivity index (χ4v) is 2.05. The zero-order valence-corrected chi connectivity index (χ0v) is 12.6. The molecule has 1 N–H and O–H groups in total. The van der Waals surface area contributed by atoms with E-state index >= 15 is 0 Å². The Hall–Kier alpha value is -1.81. The minimum Gasteiger partial charge on any atom is -0.305 e. The maximum Gasteiger partial charge on any atom is 0.270 e. The maximum atomic E-state index is 12.1. The Morgan fingerprint density at radius 2 is 2.05 bits per heavy atom. The van der Waals surface area contributed by atoms with Crippen LogP contribution >= 0.6 is 34.2 Å². The van der Waals surface area contributed by atoms with Gasteiger partial charge >= 0.3 is 0 Å². The highest BCUT2D eigenvalue weighted by atomic mass is 127. The lowest BCUT2D eigenvalue weighted by Crippen LogP contribution is -2.15. The highest BCUT2D eigenvalue weighted by Crippen LogP contribution is 2.20. The van der Waals surface area contributed by atoms with Crippen molar-refractivity contribution in [1.82, 2.24) is 10.2 Å². The van der Waals surface area contributed by atoms with Crippen molar-refractivity contribution < 1.29 is 9.72 Å². The summed E-state index contributed by atoms with van der Waals surface area (Å²) in [6, 6.07) is 7.00. The number of hydrogen-bond acceptors (Lipinski definition) is 5. The molecular formula is C11H6ClIN4O3. The number of anilines is 1. The van der Waals surface area contributed by atoms with Gasteiger partial charge in [-0.1, -0.05) is 11.6 Å². The molecule has 0 atom stereocenters. The van der Waals surface area contributed by atoms with Crippen LogP contribution in [0.5, 0.6) is 0 Å². The quantitative estimate of drug-likeness (QED) is 0.482. The maximum absolute atomic E-state index is 12.1. The molecule has 7 nitrogen and oxygen atoms in total. The Bertz CT molecular complexity index is 678. The smallest absolute Gasteiger partial charge is 0.270 e. The van der Waals surface area contributed by atoms with E-state index in [1.165, 1.54) is 30.3 Å². The summed E-state index contributed by atoms with van der Waals surface area (Å²) >= 11 is 7.51. The van der Waals surface area contributed by atoms with Gasteiger partial charge in [-0.05, 0) is 40.8 Å². The van der Waals surface area contributed by atoms with Crippen LogP contribution in [0.4, 0.5) is 11.5 Å². The first-order valence-electron chi connectivity index (χ1n) is 5.22. The van der Waals surface area contributed by atoms with Crippen molar-refractivity contribution in [3.63, 3.8) is 0 Å². The number of nitro groups is 1. The van der Waals surface area contributed by atoms with Crippen molar-refractivity contribution in [2.75, 3.05) is 5.32 Å². The molecule has 0 spiro atoms. The Balaban J connectivity index is 2.26. The van der Waals surface area contributed by atoms with Crippen molar-refractivity contribution in [3.05, 3.63) is 54.7 Å². The third-order valence-electron chi connectivity index (χ3n) is 2.28. The summed E-state index contributed by atoms with van der Waals surface area (Å²) in [5, 5.41) is 20.7. The standard InChI is InChI=1S/C11H6ClIN4O3/c12-9-3-4-10(16-15-9)14-11(18)7-5-6(17(19)20)1-2-8(7)13/h1-5H,(H,14,16,18). The van der Waals surface area contributed by atoms with Crippen molar-refractivity contribution in [2.24, 2.45) is 0 Å². The number of benzene rings is 1. The second-order valence-electron chi connectivity index (χ2n) is 3.62. The second kappa shape index (κ2) is 6.09. The van der Waals surface area contributed by atoms with Gasteiger partial charge in [-0.25, -0.2) is 0 Å². The highest BCUT2D eigenvalue weighted by Gasteiger charge is 2.16. The third-order valence-corrected chi connectivity index (χ3v) is 3.42. The van der Waals surface area contributed by atoms with E-state index in [4.69, 9.17) is 11.6 Å². The number of aromatic nitrogens is 2. The summed E-state index contributed by atoms with van der Waals surface area (Å²) in [4.78, 5) is 22.2. The first-order valence-corrected chi connectivity index (χ1v) is 6.67. The van der Waals surface area contributed by atoms with Gasteiger partial charge in [-0.3, -0.25) is 14.9 Å². The SMILES string of the molecule is O=C(Nc1ccc(Cl)nn1)c1cc([N+](=O)[O-])ccc1I. The van der Waals surface area contributed by atoms with Crippen LogP contribution in [0.1, 0.15) is 10.4 Å². The number of carbonyl (C=O) groups excluding carboxylic acids is 1. The molecule has 20 heavy (non-hydrogen) atoms. The van der Waals surface area contributed by atoms with Crippen LogP contribution in [0.2, 0.25) is 5.15 Å². The summed E-state index contributed by atoms with van der Waals surface area (Å²) < 4.78 is 0.590. The molecule has 9 heteroatoms. The molecule has 1 heterocycles. The van der Waals surface area contributed by atoms with E-state index < -0.39 is 10.8 Å². The minimum absolute atomic E-state index is 0.155. The molecule has 0 aliphatic rings. The Morgan fingerprint density at radius 3 is 2.65 bits per heavy atom. The van der Waals surface area contributed by atoms with Crippen LogP contribution < -0.4 is 5.32 Å². The van der Waals surface area contributed by atoms with Crippen LogP contribution in [0.3, 0.4) is 0 Å². The lowest BCUT2D eigenvalue weighted by molar-refractivity contribution is -0.384. The molecule has 1 aromatic carbocycles. The zero-order chi connectivity index (χ0) is 14.7. The molecule has 0 aliphatic carbocycles. The zero-order valence-electron chi connectivity index (χ0n) is 9.71. The summed E-state index contributed by atoms with van der Waals surface area (Å²) in [6.07, 6.45) is 0. The van der Waals surface area contributed by atoms with Gasteiger partial charge in [0.1, 0.15) is 0 Å². The number of rotatable bonds is 3. The Kier molecular flexibility index (Phi) is 4.45. The summed E-state index contributed by atoms with van der Waals surface area (Å²) in [6.45, 7) is 0. The van der Waals surface area contributed by atoms with Gasteiger partial charge < -0.3 is 5.32 Å². The lowest BCUT2D eigenvalue weighted by atomic mass is 10.2. The van der Waals surface area contributed by atoms with Crippen LogP contribution in [0.25, 0.3) is 0 Å². The summed E-state index contributed by atoms with van der Waals surface area (Å²) in [5.41, 5.74) is 0.0364. The van der Waals surface area contributed by atoms with Crippen LogP contribution in [0, 0.1) is 13.7 Å².